The fourth-order valence-electron chi connectivity index (χ4n) is 1.98. The normalized spacial score (nSPS) is 10.3. The zero-order valence-electron chi connectivity index (χ0n) is 12.5. The number of halogens is 1. The minimum atomic E-state index is -0.255. The largest absolute Gasteiger partial charge is 0.490 e. The van der Waals surface area contributed by atoms with E-state index in [1.165, 1.54) is 12.1 Å². The first kappa shape index (κ1) is 16.1. The van der Waals surface area contributed by atoms with Gasteiger partial charge in [0, 0.05) is 12.2 Å². The first-order valence-corrected chi connectivity index (χ1v) is 7.21. The van der Waals surface area contributed by atoms with Gasteiger partial charge in [-0.2, -0.15) is 0 Å². The molecule has 0 amide bonds. The highest BCUT2D eigenvalue weighted by Crippen LogP contribution is 2.28. The van der Waals surface area contributed by atoms with Crippen LogP contribution in [0.25, 0.3) is 0 Å². The van der Waals surface area contributed by atoms with E-state index in [-0.39, 0.29) is 19.0 Å². The summed E-state index contributed by atoms with van der Waals surface area (Å²) in [4.78, 5) is 0. The molecule has 118 valence electrons. The van der Waals surface area contributed by atoms with Crippen molar-refractivity contribution in [2.45, 2.75) is 13.5 Å². The van der Waals surface area contributed by atoms with Gasteiger partial charge in [0.1, 0.15) is 12.4 Å². The van der Waals surface area contributed by atoms with Crippen LogP contribution in [0.4, 0.5) is 10.1 Å². The van der Waals surface area contributed by atoms with Crippen molar-refractivity contribution in [3.05, 3.63) is 53.8 Å². The molecule has 0 bridgehead atoms. The van der Waals surface area contributed by atoms with Gasteiger partial charge in [-0.1, -0.05) is 6.07 Å². The van der Waals surface area contributed by atoms with Gasteiger partial charge >= 0.3 is 0 Å². The van der Waals surface area contributed by atoms with Gasteiger partial charge in [-0.15, -0.1) is 0 Å². The predicted molar refractivity (Wildman–Crippen MR) is 83.9 cm³/mol. The molecule has 2 aromatic rings. The summed E-state index contributed by atoms with van der Waals surface area (Å²) < 4.78 is 23.8. The number of rotatable bonds is 8. The molecule has 2 aromatic carbocycles. The van der Waals surface area contributed by atoms with Crippen LogP contribution in [0, 0.1) is 5.82 Å². The van der Waals surface area contributed by atoms with E-state index in [1.807, 2.05) is 25.1 Å². The minimum absolute atomic E-state index is 0.0422. The maximum absolute atomic E-state index is 12.9. The van der Waals surface area contributed by atoms with Crippen LogP contribution in [0.3, 0.4) is 0 Å². The van der Waals surface area contributed by atoms with E-state index in [0.717, 1.165) is 11.3 Å². The lowest BCUT2D eigenvalue weighted by molar-refractivity contribution is 0.194. The quantitative estimate of drug-likeness (QED) is 0.786. The Kier molecular flexibility index (Phi) is 6.03. The molecule has 0 unspecified atom stereocenters. The van der Waals surface area contributed by atoms with Crippen molar-refractivity contribution < 1.29 is 19.0 Å². The van der Waals surface area contributed by atoms with Crippen molar-refractivity contribution in [3.63, 3.8) is 0 Å². The summed E-state index contributed by atoms with van der Waals surface area (Å²) in [5, 5.41) is 12.0. The van der Waals surface area contributed by atoms with Gasteiger partial charge in [-0.05, 0) is 48.9 Å². The second-order valence-electron chi connectivity index (χ2n) is 4.65. The van der Waals surface area contributed by atoms with Crippen LogP contribution in [0.15, 0.2) is 42.5 Å². The first-order chi connectivity index (χ1) is 10.7. The number of aliphatic hydroxyl groups is 1. The molecule has 0 spiro atoms. The molecule has 0 aliphatic heterocycles. The topological polar surface area (TPSA) is 50.7 Å². The molecule has 0 aliphatic carbocycles. The summed E-state index contributed by atoms with van der Waals surface area (Å²) in [5.41, 5.74) is 1.86. The summed E-state index contributed by atoms with van der Waals surface area (Å²) in [6, 6.07) is 11.9. The maximum Gasteiger partial charge on any atom is 0.161 e. The molecule has 2 N–H and O–H groups in total. The molecule has 0 saturated carbocycles. The van der Waals surface area contributed by atoms with Crippen molar-refractivity contribution in [1.82, 2.24) is 0 Å². The van der Waals surface area contributed by atoms with E-state index < -0.39 is 0 Å². The molecule has 0 aromatic heterocycles. The Hall–Kier alpha value is -2.27. The Morgan fingerprint density at radius 1 is 1.05 bits per heavy atom. The van der Waals surface area contributed by atoms with Crippen LogP contribution in [-0.2, 0) is 6.54 Å². The number of benzene rings is 2. The summed E-state index contributed by atoms with van der Waals surface area (Å²) >= 11 is 0. The third-order valence-electron chi connectivity index (χ3n) is 3.00. The minimum Gasteiger partial charge on any atom is -0.490 e. The van der Waals surface area contributed by atoms with E-state index in [9.17, 15) is 4.39 Å². The Morgan fingerprint density at radius 2 is 1.82 bits per heavy atom. The van der Waals surface area contributed by atoms with Crippen LogP contribution in [-0.4, -0.2) is 24.9 Å². The van der Waals surface area contributed by atoms with E-state index in [4.69, 9.17) is 14.6 Å². The number of ether oxygens (including phenoxy) is 2. The summed E-state index contributed by atoms with van der Waals surface area (Å²) in [6.45, 7) is 3.21. The van der Waals surface area contributed by atoms with Gasteiger partial charge in [0.25, 0.3) is 0 Å². The lowest BCUT2D eigenvalue weighted by Gasteiger charge is -2.13. The van der Waals surface area contributed by atoms with Crippen molar-refractivity contribution >= 4 is 5.69 Å². The lowest BCUT2D eigenvalue weighted by atomic mass is 10.2. The molecule has 22 heavy (non-hydrogen) atoms. The molecule has 4 nitrogen and oxygen atoms in total. The Morgan fingerprint density at radius 3 is 2.50 bits per heavy atom. The second kappa shape index (κ2) is 8.24. The average molecular weight is 305 g/mol. The van der Waals surface area contributed by atoms with Gasteiger partial charge in [-0.3, -0.25) is 0 Å². The van der Waals surface area contributed by atoms with Gasteiger partial charge in [0.15, 0.2) is 11.5 Å². The SMILES string of the molecule is CCOc1cc(CNc2ccc(F)cc2)ccc1OCCO. The number of hydrogen-bond acceptors (Lipinski definition) is 4. The predicted octanol–water partition coefficient (Wildman–Crippen LogP) is 3.21. The van der Waals surface area contributed by atoms with Crippen LogP contribution >= 0.6 is 0 Å². The van der Waals surface area contributed by atoms with Crippen LogP contribution in [0.5, 0.6) is 11.5 Å². The van der Waals surface area contributed by atoms with Crippen LogP contribution < -0.4 is 14.8 Å². The van der Waals surface area contributed by atoms with Crippen LogP contribution in [0.1, 0.15) is 12.5 Å². The molecule has 5 heteroatoms. The Labute approximate surface area is 129 Å². The highest BCUT2D eigenvalue weighted by molar-refractivity contribution is 5.46. The fourth-order valence-corrected chi connectivity index (χ4v) is 1.98. The summed E-state index contributed by atoms with van der Waals surface area (Å²) in [7, 11) is 0. The number of hydrogen-bond donors (Lipinski definition) is 2. The van der Waals surface area contributed by atoms with E-state index in [0.29, 0.717) is 24.7 Å². The first-order valence-electron chi connectivity index (χ1n) is 7.21. The highest BCUT2D eigenvalue weighted by atomic mass is 19.1. The molecular weight excluding hydrogens is 285 g/mol. The van der Waals surface area contributed by atoms with E-state index in [2.05, 4.69) is 5.32 Å². The molecule has 0 fully saturated rings. The van der Waals surface area contributed by atoms with E-state index in [1.54, 1.807) is 12.1 Å². The number of anilines is 1. The molecule has 0 aliphatic rings. The van der Waals surface area contributed by atoms with Crippen molar-refractivity contribution in [2.75, 3.05) is 25.1 Å². The Bertz CT molecular complexity index is 587. The standard InChI is InChI=1S/C17H20FNO3/c1-2-21-17-11-13(3-8-16(17)22-10-9-20)12-19-15-6-4-14(18)5-7-15/h3-8,11,19-20H,2,9-10,12H2,1H3. The number of nitrogens with one attached hydrogen (secondary N) is 1. The summed E-state index contributed by atoms with van der Waals surface area (Å²) in [5.74, 6) is 1.00. The summed E-state index contributed by atoms with van der Waals surface area (Å²) in [6.07, 6.45) is 0. The average Bonchev–Trinajstić information content (AvgIpc) is 2.54. The van der Waals surface area contributed by atoms with Gasteiger partial charge in [0.05, 0.1) is 13.2 Å². The fraction of sp³-hybridized carbons (Fsp3) is 0.294. The maximum atomic E-state index is 12.9. The molecule has 0 heterocycles. The van der Waals surface area contributed by atoms with Gasteiger partial charge in [-0.25, -0.2) is 4.39 Å². The lowest BCUT2D eigenvalue weighted by Crippen LogP contribution is -2.05. The zero-order valence-corrected chi connectivity index (χ0v) is 12.5. The van der Waals surface area contributed by atoms with Crippen molar-refractivity contribution in [1.29, 1.82) is 0 Å². The zero-order chi connectivity index (χ0) is 15.8. The second-order valence-corrected chi connectivity index (χ2v) is 4.65. The van der Waals surface area contributed by atoms with Crippen molar-refractivity contribution in [3.8, 4) is 11.5 Å². The van der Waals surface area contributed by atoms with Crippen molar-refractivity contribution in [2.24, 2.45) is 0 Å². The third kappa shape index (κ3) is 4.63. The monoisotopic (exact) mass is 305 g/mol. The van der Waals surface area contributed by atoms with E-state index >= 15 is 0 Å². The highest BCUT2D eigenvalue weighted by Gasteiger charge is 2.06. The van der Waals surface area contributed by atoms with Gasteiger partial charge in [0.2, 0.25) is 0 Å². The number of aliphatic hydroxyl groups excluding tert-OH is 1. The third-order valence-corrected chi connectivity index (χ3v) is 3.00. The molecule has 0 saturated heterocycles. The molecule has 2 rings (SSSR count). The smallest absolute Gasteiger partial charge is 0.161 e. The molecule has 0 atom stereocenters. The molecular formula is C17H20FNO3. The van der Waals surface area contributed by atoms with Crippen LogP contribution in [0.2, 0.25) is 0 Å². The molecule has 0 radical (unpaired) electrons. The Balaban J connectivity index is 2.04. The van der Waals surface area contributed by atoms with Gasteiger partial charge < -0.3 is 19.9 Å².